The van der Waals surface area contributed by atoms with Gasteiger partial charge in [0.2, 0.25) is 0 Å². The molecule has 3 nitrogen and oxygen atoms in total. The van der Waals surface area contributed by atoms with Gasteiger partial charge < -0.3 is 0 Å². The number of carbonyl (C=O) groups is 1. The van der Waals surface area contributed by atoms with Crippen molar-refractivity contribution >= 4 is 17.3 Å². The first-order chi connectivity index (χ1) is 6.90. The van der Waals surface area contributed by atoms with Crippen LogP contribution in [0.25, 0.3) is 0 Å². The predicted octanol–water partition coefficient (Wildman–Crippen LogP) is 2.47. The summed E-state index contributed by atoms with van der Waals surface area (Å²) in [5.74, 6) is 5.93. The van der Waals surface area contributed by atoms with E-state index in [1.807, 2.05) is 20.8 Å². The summed E-state index contributed by atoms with van der Waals surface area (Å²) in [7, 11) is 0. The molecule has 15 heavy (non-hydrogen) atoms. The van der Waals surface area contributed by atoms with Crippen LogP contribution in [0.15, 0.2) is 0 Å². The lowest BCUT2D eigenvalue weighted by atomic mass is 9.98. The van der Waals surface area contributed by atoms with Crippen molar-refractivity contribution in [2.75, 3.05) is 0 Å². The van der Waals surface area contributed by atoms with E-state index >= 15 is 0 Å². The van der Waals surface area contributed by atoms with Crippen LogP contribution >= 0.6 is 11.5 Å². The first-order valence-corrected chi connectivity index (χ1v) is 5.49. The minimum Gasteiger partial charge on any atom is -0.292 e. The summed E-state index contributed by atoms with van der Waals surface area (Å²) in [6.07, 6.45) is 0.252. The van der Waals surface area contributed by atoms with E-state index in [1.165, 1.54) is 0 Å². The van der Waals surface area contributed by atoms with E-state index in [2.05, 4.69) is 21.4 Å². The fraction of sp³-hybridized carbons (Fsp3) is 0.545. The highest BCUT2D eigenvalue weighted by Crippen LogP contribution is 2.13. The smallest absolute Gasteiger partial charge is 0.188 e. The Morgan fingerprint density at radius 1 is 1.47 bits per heavy atom. The maximum atomic E-state index is 11.6. The lowest BCUT2D eigenvalue weighted by Crippen LogP contribution is -2.01. The molecule has 1 rings (SSSR count). The molecule has 80 valence electrons. The lowest BCUT2D eigenvalue weighted by Gasteiger charge is -2.06. The molecule has 0 N–H and O–H groups in total. The third kappa shape index (κ3) is 3.80. The molecule has 1 heterocycles. The number of hydrogen-bond donors (Lipinski definition) is 0. The molecule has 0 radical (unpaired) electrons. The molecule has 0 aliphatic heterocycles. The predicted molar refractivity (Wildman–Crippen MR) is 60.8 cm³/mol. The van der Waals surface area contributed by atoms with E-state index in [-0.39, 0.29) is 17.6 Å². The van der Waals surface area contributed by atoms with Crippen molar-refractivity contribution in [3.05, 3.63) is 10.6 Å². The number of hydrogen-bond acceptors (Lipinski definition) is 4. The van der Waals surface area contributed by atoms with E-state index in [9.17, 15) is 4.79 Å². The van der Waals surface area contributed by atoms with Gasteiger partial charge in [-0.3, -0.25) is 4.79 Å². The second-order valence-corrected chi connectivity index (χ2v) is 5.09. The number of carbonyl (C=O) groups excluding carboxylic acids is 1. The summed E-state index contributed by atoms with van der Waals surface area (Å²) in [6, 6.07) is 0. The Morgan fingerprint density at radius 2 is 2.13 bits per heavy atom. The van der Waals surface area contributed by atoms with Gasteiger partial charge in [-0.2, -0.15) is 0 Å². The number of nitrogens with zero attached hydrogens (tertiary/aromatic N) is 2. The zero-order valence-electron chi connectivity index (χ0n) is 9.42. The molecule has 0 saturated carbocycles. The van der Waals surface area contributed by atoms with Gasteiger partial charge in [0, 0.05) is 5.41 Å². The highest BCUT2D eigenvalue weighted by Gasteiger charge is 2.11. The Labute approximate surface area is 94.1 Å². The molecule has 0 aliphatic rings. The standard InChI is InChI=1S/C11H14N2OS/c1-8-10(15-13-12-8)9(14)6-5-7-11(2,3)4/h6H2,1-4H3. The van der Waals surface area contributed by atoms with E-state index in [4.69, 9.17) is 0 Å². The number of rotatable bonds is 2. The fourth-order valence-corrected chi connectivity index (χ4v) is 1.55. The van der Waals surface area contributed by atoms with E-state index in [1.54, 1.807) is 6.92 Å². The quantitative estimate of drug-likeness (QED) is 0.570. The maximum Gasteiger partial charge on any atom is 0.188 e. The Morgan fingerprint density at radius 3 is 2.60 bits per heavy atom. The molecular formula is C11H14N2OS. The summed E-state index contributed by atoms with van der Waals surface area (Å²) in [5, 5.41) is 3.79. The summed E-state index contributed by atoms with van der Waals surface area (Å²) in [5.41, 5.74) is 0.643. The molecule has 0 spiro atoms. The third-order valence-corrected chi connectivity index (χ3v) is 2.49. The van der Waals surface area contributed by atoms with E-state index < -0.39 is 0 Å². The highest BCUT2D eigenvalue weighted by molar-refractivity contribution is 7.08. The van der Waals surface area contributed by atoms with E-state index in [0.29, 0.717) is 10.6 Å². The molecule has 4 heteroatoms. The van der Waals surface area contributed by atoms with Crippen molar-refractivity contribution in [1.29, 1.82) is 0 Å². The van der Waals surface area contributed by atoms with Crippen molar-refractivity contribution in [2.24, 2.45) is 5.41 Å². The molecule has 0 saturated heterocycles. The van der Waals surface area contributed by atoms with Crippen molar-refractivity contribution in [1.82, 2.24) is 9.59 Å². The Bertz CT molecular complexity index is 418. The first kappa shape index (κ1) is 11.9. The van der Waals surface area contributed by atoms with Crippen LogP contribution in [0.5, 0.6) is 0 Å². The average Bonchev–Trinajstić information content (AvgIpc) is 2.48. The summed E-state index contributed by atoms with van der Waals surface area (Å²) in [6.45, 7) is 7.84. The van der Waals surface area contributed by atoms with Crippen molar-refractivity contribution in [3.8, 4) is 11.8 Å². The summed E-state index contributed by atoms with van der Waals surface area (Å²) < 4.78 is 3.72. The molecule has 0 unspecified atom stereocenters. The Kier molecular flexibility index (Phi) is 3.59. The Balaban J connectivity index is 2.65. The molecule has 0 atom stereocenters. The zero-order valence-corrected chi connectivity index (χ0v) is 10.2. The van der Waals surface area contributed by atoms with Gasteiger partial charge in [-0.1, -0.05) is 16.3 Å². The van der Waals surface area contributed by atoms with Crippen LogP contribution < -0.4 is 0 Å². The van der Waals surface area contributed by atoms with Crippen molar-refractivity contribution in [3.63, 3.8) is 0 Å². The fourth-order valence-electron chi connectivity index (χ4n) is 0.957. The van der Waals surface area contributed by atoms with Crippen LogP contribution in [0.1, 0.15) is 42.6 Å². The normalized spacial score (nSPS) is 10.7. The molecular weight excluding hydrogens is 208 g/mol. The number of ketones is 1. The van der Waals surface area contributed by atoms with Crippen LogP contribution in [0, 0.1) is 24.2 Å². The van der Waals surface area contributed by atoms with Crippen molar-refractivity contribution < 1.29 is 4.79 Å². The van der Waals surface area contributed by atoms with Crippen LogP contribution in [0.4, 0.5) is 0 Å². The minimum atomic E-state index is -0.0543. The highest BCUT2D eigenvalue weighted by atomic mass is 32.1. The second-order valence-electron chi connectivity index (χ2n) is 4.34. The lowest BCUT2D eigenvalue weighted by molar-refractivity contribution is 0.100. The van der Waals surface area contributed by atoms with Gasteiger partial charge in [0.1, 0.15) is 4.88 Å². The Hall–Kier alpha value is -1.21. The molecule has 0 aromatic carbocycles. The van der Waals surface area contributed by atoms with E-state index in [0.717, 1.165) is 11.5 Å². The van der Waals surface area contributed by atoms with Crippen molar-refractivity contribution in [2.45, 2.75) is 34.1 Å². The van der Waals surface area contributed by atoms with Crippen LogP contribution in [0.2, 0.25) is 0 Å². The molecule has 0 amide bonds. The number of Topliss-reactive ketones (excluding diaryl/α,β-unsaturated/α-hetero) is 1. The topological polar surface area (TPSA) is 42.9 Å². The number of aryl methyl sites for hydroxylation is 1. The maximum absolute atomic E-state index is 11.6. The van der Waals surface area contributed by atoms with Crippen LogP contribution in [0.3, 0.4) is 0 Å². The first-order valence-electron chi connectivity index (χ1n) is 4.72. The minimum absolute atomic E-state index is 0.0132. The second kappa shape index (κ2) is 4.54. The molecule has 0 aliphatic carbocycles. The third-order valence-electron chi connectivity index (χ3n) is 1.62. The molecule has 0 fully saturated rings. The van der Waals surface area contributed by atoms with Gasteiger partial charge in [0.25, 0.3) is 0 Å². The van der Waals surface area contributed by atoms with Crippen LogP contribution in [-0.4, -0.2) is 15.4 Å². The van der Waals surface area contributed by atoms with Gasteiger partial charge in [-0.05, 0) is 39.2 Å². The zero-order chi connectivity index (χ0) is 11.5. The monoisotopic (exact) mass is 222 g/mol. The summed E-state index contributed by atoms with van der Waals surface area (Å²) >= 11 is 1.14. The molecule has 0 bridgehead atoms. The van der Waals surface area contributed by atoms with Crippen LogP contribution in [-0.2, 0) is 0 Å². The summed E-state index contributed by atoms with van der Waals surface area (Å²) in [4.78, 5) is 12.3. The van der Waals surface area contributed by atoms with Gasteiger partial charge in [0.15, 0.2) is 5.78 Å². The largest absolute Gasteiger partial charge is 0.292 e. The van der Waals surface area contributed by atoms with Gasteiger partial charge in [-0.25, -0.2) is 0 Å². The average molecular weight is 222 g/mol. The SMILES string of the molecule is Cc1nnsc1C(=O)CC#CC(C)(C)C. The molecule has 1 aromatic rings. The van der Waals surface area contributed by atoms with Gasteiger partial charge in [0.05, 0.1) is 12.1 Å². The molecule has 1 aromatic heterocycles. The number of aromatic nitrogens is 2. The van der Waals surface area contributed by atoms with Gasteiger partial charge in [-0.15, -0.1) is 5.10 Å². The van der Waals surface area contributed by atoms with Gasteiger partial charge >= 0.3 is 0 Å².